The Morgan fingerprint density at radius 1 is 1.42 bits per heavy atom. The lowest BCUT2D eigenvalue weighted by molar-refractivity contribution is 0.285. The molecule has 1 aliphatic rings. The number of hydrogen-bond donors (Lipinski definition) is 4. The van der Waals surface area contributed by atoms with Gasteiger partial charge in [0.15, 0.2) is 0 Å². The average molecular weight is 330 g/mol. The maximum absolute atomic E-state index is 7.06. The fourth-order valence-electron chi connectivity index (χ4n) is 1.94. The quantitative estimate of drug-likeness (QED) is 0.181. The molecule has 5 N–H and O–H groups in total. The van der Waals surface area contributed by atoms with Gasteiger partial charge < -0.3 is 26.5 Å². The highest BCUT2D eigenvalue weighted by Crippen LogP contribution is 2.28. The van der Waals surface area contributed by atoms with E-state index in [1.165, 1.54) is 19.1 Å². The van der Waals surface area contributed by atoms with Gasteiger partial charge in [-0.05, 0) is 43.5 Å². The lowest BCUT2D eigenvalue weighted by atomic mass is 10.2. The van der Waals surface area contributed by atoms with E-state index in [1.54, 1.807) is 18.4 Å². The first kappa shape index (κ1) is 19.8. The molecule has 0 aromatic rings. The van der Waals surface area contributed by atoms with Crippen LogP contribution in [0.15, 0.2) is 60.2 Å². The molecule has 0 aromatic carbocycles. The third kappa shape index (κ3) is 9.00. The lowest BCUT2D eigenvalue weighted by Crippen LogP contribution is -2.21. The van der Waals surface area contributed by atoms with Crippen molar-refractivity contribution in [1.82, 2.24) is 10.6 Å². The Morgan fingerprint density at radius 3 is 2.83 bits per heavy atom. The number of rotatable bonds is 13. The Morgan fingerprint density at radius 2 is 2.21 bits per heavy atom. The van der Waals surface area contributed by atoms with Gasteiger partial charge in [0.25, 0.3) is 0 Å². The Kier molecular flexibility index (Phi) is 10.0. The van der Waals surface area contributed by atoms with Crippen molar-refractivity contribution in [3.8, 4) is 0 Å². The molecule has 1 aliphatic carbocycles. The molecule has 0 aliphatic heterocycles. The van der Waals surface area contributed by atoms with Gasteiger partial charge in [-0.2, -0.15) is 0 Å². The minimum absolute atomic E-state index is 0.388. The smallest absolute Gasteiger partial charge is 0.108 e. The van der Waals surface area contributed by atoms with Crippen molar-refractivity contribution in [2.24, 2.45) is 11.7 Å². The van der Waals surface area contributed by atoms with Crippen molar-refractivity contribution >= 4 is 6.21 Å². The van der Waals surface area contributed by atoms with Crippen LogP contribution in [0.3, 0.4) is 0 Å². The molecule has 0 atom stereocenters. The van der Waals surface area contributed by atoms with Gasteiger partial charge in [-0.25, -0.2) is 0 Å². The predicted molar refractivity (Wildman–Crippen MR) is 102 cm³/mol. The van der Waals surface area contributed by atoms with Crippen LogP contribution >= 0.6 is 0 Å². The Labute approximate surface area is 145 Å². The monoisotopic (exact) mass is 330 g/mol. The van der Waals surface area contributed by atoms with Gasteiger partial charge in [-0.1, -0.05) is 25.7 Å². The molecule has 0 heterocycles. The summed E-state index contributed by atoms with van der Waals surface area (Å²) in [5.74, 6) is 0.777. The van der Waals surface area contributed by atoms with Crippen LogP contribution in [0, 0.1) is 11.3 Å². The van der Waals surface area contributed by atoms with Crippen LogP contribution in [0.2, 0.25) is 0 Å². The number of likely N-dealkylation sites (N-methyl/N-ethyl adjacent to an activating group) is 1. The van der Waals surface area contributed by atoms with Crippen LogP contribution in [-0.2, 0) is 4.74 Å². The molecule has 1 saturated carbocycles. The minimum Gasteiger partial charge on any atom is -0.497 e. The summed E-state index contributed by atoms with van der Waals surface area (Å²) in [7, 11) is 0. The van der Waals surface area contributed by atoms with Crippen molar-refractivity contribution in [2.75, 3.05) is 26.2 Å². The van der Waals surface area contributed by atoms with E-state index in [9.17, 15) is 0 Å². The van der Waals surface area contributed by atoms with E-state index in [4.69, 9.17) is 15.9 Å². The van der Waals surface area contributed by atoms with E-state index in [1.807, 2.05) is 25.2 Å². The Bertz CT molecular complexity index is 513. The minimum atomic E-state index is 0.388. The second-order valence-electron chi connectivity index (χ2n) is 5.63. The second kappa shape index (κ2) is 12.2. The van der Waals surface area contributed by atoms with Crippen LogP contribution in [0.1, 0.15) is 19.8 Å². The number of allylic oxidation sites excluding steroid dienone is 3. The third-order valence-corrected chi connectivity index (χ3v) is 3.49. The van der Waals surface area contributed by atoms with Crippen molar-refractivity contribution in [1.29, 1.82) is 5.41 Å². The van der Waals surface area contributed by atoms with E-state index < -0.39 is 0 Å². The number of ether oxygens (including phenoxy) is 1. The molecule has 0 spiro atoms. The average Bonchev–Trinajstić information content (AvgIpc) is 3.41. The van der Waals surface area contributed by atoms with E-state index in [0.717, 1.165) is 30.3 Å². The first-order valence-electron chi connectivity index (χ1n) is 8.42. The number of hydrogen-bond acceptors (Lipinski definition) is 5. The first-order chi connectivity index (χ1) is 11.7. The molecular formula is C19H30N4O. The maximum atomic E-state index is 7.06. The largest absolute Gasteiger partial charge is 0.497 e. The van der Waals surface area contributed by atoms with Gasteiger partial charge in [0, 0.05) is 24.9 Å². The molecule has 0 amide bonds. The van der Waals surface area contributed by atoms with Gasteiger partial charge in [-0.3, -0.25) is 0 Å². The summed E-state index contributed by atoms with van der Waals surface area (Å²) in [6.45, 7) is 8.70. The SMILES string of the molecule is C=C/C=C(NCC1CC1)\C(N)=C/CO/C=C(/C=C\C=N)CNCC. The van der Waals surface area contributed by atoms with Gasteiger partial charge in [0.2, 0.25) is 0 Å². The highest BCUT2D eigenvalue weighted by molar-refractivity contribution is 5.68. The van der Waals surface area contributed by atoms with Crippen LogP contribution in [0.25, 0.3) is 0 Å². The van der Waals surface area contributed by atoms with E-state index >= 15 is 0 Å². The van der Waals surface area contributed by atoms with Gasteiger partial charge in [0.05, 0.1) is 17.7 Å². The highest BCUT2D eigenvalue weighted by atomic mass is 16.5. The number of nitrogens with one attached hydrogen (secondary N) is 3. The van der Waals surface area contributed by atoms with Crippen LogP contribution in [0.4, 0.5) is 0 Å². The van der Waals surface area contributed by atoms with Crippen molar-refractivity contribution in [3.63, 3.8) is 0 Å². The van der Waals surface area contributed by atoms with Gasteiger partial charge in [-0.15, -0.1) is 0 Å². The second-order valence-corrected chi connectivity index (χ2v) is 5.63. The summed E-state index contributed by atoms with van der Waals surface area (Å²) in [6, 6.07) is 0. The fraction of sp³-hybridized carbons (Fsp3) is 0.421. The van der Waals surface area contributed by atoms with Crippen LogP contribution in [0.5, 0.6) is 0 Å². The van der Waals surface area contributed by atoms with Crippen LogP contribution in [-0.4, -0.2) is 32.5 Å². The molecule has 24 heavy (non-hydrogen) atoms. The van der Waals surface area contributed by atoms with E-state index in [0.29, 0.717) is 18.8 Å². The summed E-state index contributed by atoms with van der Waals surface area (Å²) >= 11 is 0. The molecule has 5 nitrogen and oxygen atoms in total. The fourth-order valence-corrected chi connectivity index (χ4v) is 1.94. The lowest BCUT2D eigenvalue weighted by Gasteiger charge is -2.11. The first-order valence-corrected chi connectivity index (χ1v) is 8.42. The number of nitrogens with two attached hydrogens (primary N) is 1. The molecule has 1 fully saturated rings. The third-order valence-electron chi connectivity index (χ3n) is 3.49. The molecule has 0 radical (unpaired) electrons. The summed E-state index contributed by atoms with van der Waals surface area (Å²) in [5, 5.41) is 13.7. The standard InChI is InChI=1S/C19H30N4O/c1-3-6-19(23-14-16-8-9-16)18(21)10-12-24-15-17(7-5-11-20)13-22-4-2/h3,5-7,10-11,15-16,20,22-23H,1,4,8-9,12-14,21H2,2H3/b7-5-,17-15-,18-10+,19-6+,20-11?. The highest BCUT2D eigenvalue weighted by Gasteiger charge is 2.20. The Balaban J connectivity index is 2.51. The zero-order chi connectivity index (χ0) is 17.6. The molecular weight excluding hydrogens is 300 g/mol. The van der Waals surface area contributed by atoms with Crippen molar-refractivity contribution < 1.29 is 4.74 Å². The van der Waals surface area contributed by atoms with E-state index in [-0.39, 0.29) is 0 Å². The molecule has 1 rings (SSSR count). The van der Waals surface area contributed by atoms with Crippen molar-refractivity contribution in [3.05, 3.63) is 60.2 Å². The maximum Gasteiger partial charge on any atom is 0.108 e. The summed E-state index contributed by atoms with van der Waals surface area (Å²) in [4.78, 5) is 0. The predicted octanol–water partition coefficient (Wildman–Crippen LogP) is 2.61. The molecule has 0 aromatic heterocycles. The molecule has 0 unspecified atom stereocenters. The molecule has 5 heteroatoms. The zero-order valence-corrected chi connectivity index (χ0v) is 14.6. The van der Waals surface area contributed by atoms with E-state index in [2.05, 4.69) is 17.2 Å². The molecule has 132 valence electrons. The van der Waals surface area contributed by atoms with Gasteiger partial charge in [0.1, 0.15) is 6.61 Å². The summed E-state index contributed by atoms with van der Waals surface area (Å²) in [6.07, 6.45) is 14.5. The van der Waals surface area contributed by atoms with Gasteiger partial charge >= 0.3 is 0 Å². The summed E-state index contributed by atoms with van der Waals surface area (Å²) in [5.41, 5.74) is 8.64. The topological polar surface area (TPSA) is 83.2 Å². The zero-order valence-electron chi connectivity index (χ0n) is 14.6. The normalized spacial score (nSPS) is 16.3. The summed E-state index contributed by atoms with van der Waals surface area (Å²) < 4.78 is 5.56. The van der Waals surface area contributed by atoms with Crippen molar-refractivity contribution in [2.45, 2.75) is 19.8 Å². The van der Waals surface area contributed by atoms with Crippen LogP contribution < -0.4 is 16.4 Å². The molecule has 0 saturated heterocycles. The Hall–Kier alpha value is -2.27. The molecule has 0 bridgehead atoms.